The molecule has 136 valence electrons. The highest BCUT2D eigenvalue weighted by molar-refractivity contribution is 7.90. The van der Waals surface area contributed by atoms with Gasteiger partial charge in [-0.05, 0) is 51.1 Å². The van der Waals surface area contributed by atoms with Crippen molar-refractivity contribution in [2.45, 2.75) is 43.3 Å². The number of nitrogens with zero attached hydrogens (tertiary/aromatic N) is 1. The molecule has 0 saturated carbocycles. The molecule has 25 heavy (non-hydrogen) atoms. The second kappa shape index (κ2) is 6.61. The lowest BCUT2D eigenvalue weighted by molar-refractivity contribution is -0.565. The minimum atomic E-state index is -3.29. The number of benzene rings is 1. The molecule has 1 unspecified atom stereocenters. The summed E-state index contributed by atoms with van der Waals surface area (Å²) in [5.41, 5.74) is -1.91. The summed E-state index contributed by atoms with van der Waals surface area (Å²) in [6, 6.07) is 5.91. The number of hydrogen-bond acceptors (Lipinski definition) is 6. The summed E-state index contributed by atoms with van der Waals surface area (Å²) in [6.07, 6.45) is 6.12. The van der Waals surface area contributed by atoms with Crippen molar-refractivity contribution in [3.05, 3.63) is 58.4 Å². The summed E-state index contributed by atoms with van der Waals surface area (Å²) >= 11 is 0. The van der Waals surface area contributed by atoms with Crippen LogP contribution in [0.5, 0.6) is 5.75 Å². The SMILES string of the molecule is CC(C)(C)NC1([N+](=O)[O-])C=C(Oc2ccc(S(C)(=O)=O)cc2)C=CC1. The standard InChI is InChI=1S/C17H22N2O5S/c1-16(2,3)18-17(19(20)21)11-5-6-14(12-17)24-13-7-9-15(10-8-13)25(4,22)23/h5-10,12,18H,11H2,1-4H3. The minimum Gasteiger partial charge on any atom is -0.457 e. The smallest absolute Gasteiger partial charge is 0.301 e. The number of sulfone groups is 1. The van der Waals surface area contributed by atoms with Crippen molar-refractivity contribution >= 4 is 9.84 Å². The van der Waals surface area contributed by atoms with Crippen LogP contribution in [-0.4, -0.2) is 30.8 Å². The molecule has 7 nitrogen and oxygen atoms in total. The zero-order chi connectivity index (χ0) is 18.9. The normalized spacial score (nSPS) is 20.9. The van der Waals surface area contributed by atoms with E-state index in [1.54, 1.807) is 12.2 Å². The Labute approximate surface area is 147 Å². The van der Waals surface area contributed by atoms with Crippen molar-refractivity contribution < 1.29 is 18.1 Å². The predicted molar refractivity (Wildman–Crippen MR) is 94.6 cm³/mol. The molecule has 0 saturated heterocycles. The van der Waals surface area contributed by atoms with Crippen molar-refractivity contribution in [2.75, 3.05) is 6.26 Å². The highest BCUT2D eigenvalue weighted by atomic mass is 32.2. The third-order valence-corrected chi connectivity index (χ3v) is 4.63. The van der Waals surface area contributed by atoms with Crippen molar-refractivity contribution in [3.63, 3.8) is 0 Å². The molecule has 1 aliphatic rings. The number of allylic oxidation sites excluding steroid dienone is 1. The number of hydrogen-bond donors (Lipinski definition) is 1. The van der Waals surface area contributed by atoms with E-state index in [2.05, 4.69) is 5.32 Å². The van der Waals surface area contributed by atoms with E-state index in [-0.39, 0.29) is 16.2 Å². The van der Waals surface area contributed by atoms with E-state index >= 15 is 0 Å². The van der Waals surface area contributed by atoms with Gasteiger partial charge in [-0.3, -0.25) is 10.1 Å². The molecule has 1 aromatic rings. The van der Waals surface area contributed by atoms with Gasteiger partial charge in [0.15, 0.2) is 9.84 Å². The van der Waals surface area contributed by atoms with Crippen LogP contribution in [0.4, 0.5) is 0 Å². The highest BCUT2D eigenvalue weighted by Crippen LogP contribution is 2.27. The van der Waals surface area contributed by atoms with E-state index in [4.69, 9.17) is 4.74 Å². The molecule has 0 radical (unpaired) electrons. The summed E-state index contributed by atoms with van der Waals surface area (Å²) in [5.74, 6) is 0.727. The highest BCUT2D eigenvalue weighted by Gasteiger charge is 2.44. The molecule has 1 aliphatic carbocycles. The Morgan fingerprint density at radius 3 is 2.32 bits per heavy atom. The van der Waals surface area contributed by atoms with Crippen molar-refractivity contribution in [2.24, 2.45) is 0 Å². The topological polar surface area (TPSA) is 98.5 Å². The Hall–Kier alpha value is -2.19. The minimum absolute atomic E-state index is 0.182. The zero-order valence-electron chi connectivity index (χ0n) is 14.6. The Morgan fingerprint density at radius 2 is 1.84 bits per heavy atom. The maximum absolute atomic E-state index is 11.6. The largest absolute Gasteiger partial charge is 0.457 e. The van der Waals surface area contributed by atoms with Crippen LogP contribution in [-0.2, 0) is 9.84 Å². The Kier molecular flexibility index (Phi) is 5.06. The summed E-state index contributed by atoms with van der Waals surface area (Å²) in [6.45, 7) is 5.57. The molecule has 0 bridgehead atoms. The molecule has 1 aromatic carbocycles. The lowest BCUT2D eigenvalue weighted by atomic mass is 9.96. The molecule has 2 rings (SSSR count). The molecular weight excluding hydrogens is 344 g/mol. The van der Waals surface area contributed by atoms with Crippen LogP contribution in [0, 0.1) is 10.1 Å². The van der Waals surface area contributed by atoms with Crippen LogP contribution in [0.2, 0.25) is 0 Å². The Bertz CT molecular complexity index is 820. The summed E-state index contributed by atoms with van der Waals surface area (Å²) in [7, 11) is -3.29. The monoisotopic (exact) mass is 366 g/mol. The molecule has 1 atom stereocenters. The molecule has 8 heteroatoms. The number of ether oxygens (including phenoxy) is 1. The van der Waals surface area contributed by atoms with Crippen molar-refractivity contribution in [3.8, 4) is 5.75 Å². The average molecular weight is 366 g/mol. The van der Waals surface area contributed by atoms with Crippen LogP contribution in [0.3, 0.4) is 0 Å². The fraction of sp³-hybridized carbons (Fsp3) is 0.412. The van der Waals surface area contributed by atoms with Gasteiger partial charge in [0, 0.05) is 16.7 Å². The Morgan fingerprint density at radius 1 is 1.24 bits per heavy atom. The van der Waals surface area contributed by atoms with Gasteiger partial charge in [-0.25, -0.2) is 13.7 Å². The molecule has 0 amide bonds. The predicted octanol–water partition coefficient (Wildman–Crippen LogP) is 2.67. The van der Waals surface area contributed by atoms with Gasteiger partial charge in [0.1, 0.15) is 11.5 Å². The zero-order valence-corrected chi connectivity index (χ0v) is 15.5. The van der Waals surface area contributed by atoms with Crippen LogP contribution in [0.1, 0.15) is 27.2 Å². The number of rotatable bonds is 5. The van der Waals surface area contributed by atoms with Gasteiger partial charge >= 0.3 is 5.66 Å². The van der Waals surface area contributed by atoms with Gasteiger partial charge in [0.2, 0.25) is 0 Å². The van der Waals surface area contributed by atoms with Crippen molar-refractivity contribution in [1.82, 2.24) is 5.32 Å². The molecule has 0 fully saturated rings. The quantitative estimate of drug-likeness (QED) is 0.489. The second-order valence-corrected chi connectivity index (χ2v) is 9.07. The maximum atomic E-state index is 11.6. The lowest BCUT2D eigenvalue weighted by Gasteiger charge is -2.32. The van der Waals surface area contributed by atoms with Gasteiger partial charge in [0.05, 0.1) is 17.4 Å². The maximum Gasteiger partial charge on any atom is 0.301 e. The molecular formula is C17H22N2O5S. The van der Waals surface area contributed by atoms with Gasteiger partial charge in [-0.15, -0.1) is 0 Å². The van der Waals surface area contributed by atoms with E-state index in [1.165, 1.54) is 30.3 Å². The van der Waals surface area contributed by atoms with E-state index in [0.717, 1.165) is 6.26 Å². The van der Waals surface area contributed by atoms with Crippen molar-refractivity contribution in [1.29, 1.82) is 0 Å². The second-order valence-electron chi connectivity index (χ2n) is 7.06. The third-order valence-electron chi connectivity index (χ3n) is 3.50. The van der Waals surface area contributed by atoms with Crippen LogP contribution < -0.4 is 10.1 Å². The molecule has 0 heterocycles. The first kappa shape index (κ1) is 19.1. The fourth-order valence-corrected chi connectivity index (χ4v) is 3.19. The first-order chi connectivity index (χ1) is 11.4. The molecule has 0 spiro atoms. The Balaban J connectivity index is 2.27. The van der Waals surface area contributed by atoms with Gasteiger partial charge < -0.3 is 4.74 Å². The number of nitro groups is 1. The van der Waals surface area contributed by atoms with E-state index in [9.17, 15) is 18.5 Å². The van der Waals surface area contributed by atoms with Crippen LogP contribution in [0.15, 0.2) is 53.1 Å². The van der Waals surface area contributed by atoms with E-state index < -0.39 is 21.0 Å². The van der Waals surface area contributed by atoms with E-state index in [0.29, 0.717) is 11.5 Å². The van der Waals surface area contributed by atoms with Gasteiger partial charge in [-0.2, -0.15) is 0 Å². The fourth-order valence-electron chi connectivity index (χ4n) is 2.56. The molecule has 0 aliphatic heterocycles. The van der Waals surface area contributed by atoms with Crippen LogP contribution in [0.25, 0.3) is 0 Å². The first-order valence-corrected chi connectivity index (χ1v) is 9.62. The van der Waals surface area contributed by atoms with Crippen LogP contribution >= 0.6 is 0 Å². The molecule has 0 aromatic heterocycles. The summed E-state index contributed by atoms with van der Waals surface area (Å²) < 4.78 is 28.6. The van der Waals surface area contributed by atoms with Gasteiger partial charge in [0.25, 0.3) is 0 Å². The summed E-state index contributed by atoms with van der Waals surface area (Å²) in [4.78, 5) is 11.5. The lowest BCUT2D eigenvalue weighted by Crippen LogP contribution is -2.58. The molecule has 1 N–H and O–H groups in total. The van der Waals surface area contributed by atoms with Gasteiger partial charge in [-0.1, -0.05) is 6.08 Å². The third kappa shape index (κ3) is 4.90. The van der Waals surface area contributed by atoms with E-state index in [1.807, 2.05) is 20.8 Å². The summed E-state index contributed by atoms with van der Waals surface area (Å²) in [5, 5.41) is 14.7. The first-order valence-electron chi connectivity index (χ1n) is 7.73. The average Bonchev–Trinajstić information content (AvgIpc) is 2.45. The number of nitrogens with one attached hydrogen (secondary N) is 1.